The largest absolute Gasteiger partial charge is 0.366 e. The number of hydrogen-bond donors (Lipinski definition) is 2. The Balaban J connectivity index is 2.00. The third kappa shape index (κ3) is 2.14. The van der Waals surface area contributed by atoms with Crippen molar-refractivity contribution in [2.24, 2.45) is 5.73 Å². The molecule has 4 rings (SSSR count). The lowest BCUT2D eigenvalue weighted by Gasteiger charge is -2.32. The van der Waals surface area contributed by atoms with Gasteiger partial charge < -0.3 is 5.73 Å². The van der Waals surface area contributed by atoms with Crippen LogP contribution in [0.25, 0.3) is 16.7 Å². The average molecular weight is 332 g/mol. The van der Waals surface area contributed by atoms with E-state index in [1.165, 1.54) is 6.07 Å². The zero-order valence-corrected chi connectivity index (χ0v) is 13.5. The molecule has 3 aromatic rings. The van der Waals surface area contributed by atoms with Crippen LogP contribution in [0.4, 0.5) is 4.39 Å². The smallest absolute Gasteiger partial charge is 0.251 e. The molecule has 2 aromatic heterocycles. The molecule has 0 unspecified atom stereocenters. The molecule has 0 spiro atoms. The van der Waals surface area contributed by atoms with E-state index in [0.29, 0.717) is 11.0 Å². The molecule has 1 aliphatic rings. The van der Waals surface area contributed by atoms with Crippen LogP contribution in [-0.4, -0.2) is 32.0 Å². The first kappa shape index (κ1) is 14.6. The Morgan fingerprint density at radius 3 is 2.87 bits per heavy atom. The molecular weight excluding hydrogens is 315 g/mol. The van der Waals surface area contributed by atoms with Crippen LogP contribution in [-0.2, 0) is 5.41 Å². The number of imidazole rings is 1. The zero-order valence-electron chi connectivity index (χ0n) is 12.7. The Bertz CT molecular complexity index is 923. The fourth-order valence-corrected chi connectivity index (χ4v) is 4.79. The molecular formula is C16H17FN4OS. The maximum absolute atomic E-state index is 13.8. The number of thioether (sulfide) groups is 1. The van der Waals surface area contributed by atoms with Gasteiger partial charge in [-0.25, -0.2) is 13.9 Å². The number of carbonyl (C=O) groups is 1. The minimum Gasteiger partial charge on any atom is -0.366 e. The number of H-pyrrole nitrogens is 1. The number of halogens is 1. The summed E-state index contributed by atoms with van der Waals surface area (Å²) in [5.41, 5.74) is 8.44. The molecule has 23 heavy (non-hydrogen) atoms. The molecule has 0 atom stereocenters. The molecule has 0 bridgehead atoms. The Hall–Kier alpha value is -2.02. The average Bonchev–Trinajstić information content (AvgIpc) is 3.05. The highest BCUT2D eigenvalue weighted by Gasteiger charge is 2.33. The number of nitrogens with two attached hydrogens (primary N) is 1. The van der Waals surface area contributed by atoms with Gasteiger partial charge >= 0.3 is 0 Å². The van der Waals surface area contributed by atoms with Crippen molar-refractivity contribution in [2.75, 3.05) is 11.5 Å². The van der Waals surface area contributed by atoms with E-state index in [9.17, 15) is 9.18 Å². The summed E-state index contributed by atoms with van der Waals surface area (Å²) >= 11 is 1.97. The number of nitrogens with zero attached hydrogens (tertiary/aromatic N) is 2. The first-order valence-corrected chi connectivity index (χ1v) is 8.72. The van der Waals surface area contributed by atoms with E-state index in [-0.39, 0.29) is 11.0 Å². The monoisotopic (exact) mass is 332 g/mol. The number of amides is 1. The second kappa shape index (κ2) is 4.99. The standard InChI is InChI=1S/C16H17FN4OS/c1-16(2-4-23-5-3-16)11-8-19-21-13-10(14(18)22)6-9(17)7-12(13)20-15(11)21/h6-8,19H,2-5H2,1H3,(H2,18,22). The van der Waals surface area contributed by atoms with Gasteiger partial charge in [-0.1, -0.05) is 6.92 Å². The van der Waals surface area contributed by atoms with Gasteiger partial charge in [-0.15, -0.1) is 0 Å². The summed E-state index contributed by atoms with van der Waals surface area (Å²) < 4.78 is 15.5. The summed E-state index contributed by atoms with van der Waals surface area (Å²) in [6.45, 7) is 2.24. The first-order valence-electron chi connectivity index (χ1n) is 7.57. The Kier molecular flexibility index (Phi) is 3.16. The van der Waals surface area contributed by atoms with Crippen LogP contribution in [0, 0.1) is 5.82 Å². The molecule has 1 aliphatic heterocycles. The highest BCUT2D eigenvalue weighted by atomic mass is 32.2. The number of benzene rings is 1. The van der Waals surface area contributed by atoms with Gasteiger partial charge in [0, 0.05) is 17.8 Å². The van der Waals surface area contributed by atoms with Crippen LogP contribution in [0.5, 0.6) is 0 Å². The molecule has 0 radical (unpaired) electrons. The number of nitrogens with one attached hydrogen (secondary N) is 1. The molecule has 5 nitrogen and oxygen atoms in total. The Morgan fingerprint density at radius 1 is 1.43 bits per heavy atom. The van der Waals surface area contributed by atoms with E-state index in [0.717, 1.165) is 41.6 Å². The van der Waals surface area contributed by atoms with E-state index in [4.69, 9.17) is 5.73 Å². The van der Waals surface area contributed by atoms with Crippen molar-refractivity contribution in [3.05, 3.63) is 35.3 Å². The normalized spacial score (nSPS) is 17.8. The lowest BCUT2D eigenvalue weighted by atomic mass is 9.79. The summed E-state index contributed by atoms with van der Waals surface area (Å²) in [5.74, 6) is 1.08. The number of carbonyl (C=O) groups excluding carboxylic acids is 1. The number of primary amides is 1. The van der Waals surface area contributed by atoms with Gasteiger partial charge in [-0.05, 0) is 35.8 Å². The van der Waals surface area contributed by atoms with Crippen molar-refractivity contribution in [2.45, 2.75) is 25.2 Å². The molecule has 1 aromatic carbocycles. The molecule has 7 heteroatoms. The molecule has 1 fully saturated rings. The first-order chi connectivity index (χ1) is 11.0. The van der Waals surface area contributed by atoms with Gasteiger partial charge in [0.2, 0.25) is 0 Å². The molecule has 0 saturated carbocycles. The van der Waals surface area contributed by atoms with Gasteiger partial charge in [0.15, 0.2) is 5.65 Å². The van der Waals surface area contributed by atoms with Crippen LogP contribution >= 0.6 is 11.8 Å². The minimum absolute atomic E-state index is 0.0410. The molecule has 3 N–H and O–H groups in total. The van der Waals surface area contributed by atoms with Gasteiger partial charge in [0.25, 0.3) is 5.91 Å². The summed E-state index contributed by atoms with van der Waals surface area (Å²) in [6.07, 6.45) is 4.10. The molecule has 1 saturated heterocycles. The molecule has 3 heterocycles. The second-order valence-corrected chi connectivity index (χ2v) is 7.54. The maximum atomic E-state index is 13.8. The highest BCUT2D eigenvalue weighted by molar-refractivity contribution is 7.99. The van der Waals surface area contributed by atoms with Crippen molar-refractivity contribution in [3.8, 4) is 0 Å². The predicted octanol–water partition coefficient (Wildman–Crippen LogP) is 2.84. The van der Waals surface area contributed by atoms with Crippen molar-refractivity contribution >= 4 is 34.3 Å². The third-order valence-electron chi connectivity index (χ3n) is 4.81. The fourth-order valence-electron chi connectivity index (χ4n) is 3.40. The molecule has 120 valence electrons. The third-order valence-corrected chi connectivity index (χ3v) is 5.79. The molecule has 1 amide bonds. The van der Waals surface area contributed by atoms with Crippen molar-refractivity contribution in [1.82, 2.24) is 14.6 Å². The van der Waals surface area contributed by atoms with E-state index >= 15 is 0 Å². The zero-order chi connectivity index (χ0) is 16.2. The van der Waals surface area contributed by atoms with E-state index in [2.05, 4.69) is 17.0 Å². The summed E-state index contributed by atoms with van der Waals surface area (Å²) in [5, 5.41) is 3.17. The predicted molar refractivity (Wildman–Crippen MR) is 89.4 cm³/mol. The lowest BCUT2D eigenvalue weighted by Crippen LogP contribution is -2.27. The number of aromatic amines is 1. The molecule has 0 aliphatic carbocycles. The van der Waals surface area contributed by atoms with Gasteiger partial charge in [0.1, 0.15) is 11.3 Å². The second-order valence-electron chi connectivity index (χ2n) is 6.32. The van der Waals surface area contributed by atoms with E-state index < -0.39 is 11.7 Å². The number of aromatic nitrogens is 3. The summed E-state index contributed by atoms with van der Waals surface area (Å²) in [6, 6.07) is 2.50. The van der Waals surface area contributed by atoms with Crippen LogP contribution in [0.15, 0.2) is 18.3 Å². The minimum atomic E-state index is -0.660. The van der Waals surface area contributed by atoms with Crippen LogP contribution in [0.2, 0.25) is 0 Å². The Morgan fingerprint density at radius 2 is 2.17 bits per heavy atom. The quantitative estimate of drug-likeness (QED) is 0.757. The van der Waals surface area contributed by atoms with E-state index in [1.807, 2.05) is 18.0 Å². The fraction of sp³-hybridized carbons (Fsp3) is 0.375. The van der Waals surface area contributed by atoms with Crippen LogP contribution in [0.1, 0.15) is 35.7 Å². The Labute approximate surface area is 136 Å². The van der Waals surface area contributed by atoms with Gasteiger partial charge in [-0.2, -0.15) is 11.8 Å². The van der Waals surface area contributed by atoms with Crippen molar-refractivity contribution in [1.29, 1.82) is 0 Å². The van der Waals surface area contributed by atoms with Gasteiger partial charge in [0.05, 0.1) is 11.1 Å². The SMILES string of the molecule is CC1(c2c[nH]n3c2nc2cc(F)cc(C(N)=O)c23)CCSCC1. The topological polar surface area (TPSA) is 76.2 Å². The van der Waals surface area contributed by atoms with Crippen LogP contribution < -0.4 is 5.73 Å². The summed E-state index contributed by atoms with van der Waals surface area (Å²) in [4.78, 5) is 16.3. The summed E-state index contributed by atoms with van der Waals surface area (Å²) in [7, 11) is 0. The highest BCUT2D eigenvalue weighted by Crippen LogP contribution is 2.40. The number of rotatable bonds is 2. The van der Waals surface area contributed by atoms with Crippen LogP contribution in [0.3, 0.4) is 0 Å². The number of hydrogen-bond acceptors (Lipinski definition) is 3. The lowest BCUT2D eigenvalue weighted by molar-refractivity contribution is 0.100. The maximum Gasteiger partial charge on any atom is 0.251 e. The van der Waals surface area contributed by atoms with Crippen molar-refractivity contribution < 1.29 is 9.18 Å². The number of fused-ring (bicyclic) bond motifs is 3. The van der Waals surface area contributed by atoms with E-state index in [1.54, 1.807) is 4.52 Å². The van der Waals surface area contributed by atoms with Gasteiger partial charge in [-0.3, -0.25) is 9.89 Å². The van der Waals surface area contributed by atoms with Crippen molar-refractivity contribution in [3.63, 3.8) is 0 Å².